The van der Waals surface area contributed by atoms with Gasteiger partial charge in [-0.1, -0.05) is 24.3 Å². The summed E-state index contributed by atoms with van der Waals surface area (Å²) in [6.45, 7) is 1.22. The fourth-order valence-electron chi connectivity index (χ4n) is 4.67. The minimum absolute atomic E-state index is 0.0388. The average molecular weight is 479 g/mol. The highest BCUT2D eigenvalue weighted by Crippen LogP contribution is 2.35. The molecule has 1 amide bonds. The lowest BCUT2D eigenvalue weighted by molar-refractivity contribution is 0.0675. The molecule has 6 rings (SSSR count). The largest absolute Gasteiger partial charge is 0.381 e. The first-order chi connectivity index (χ1) is 17.6. The normalized spacial score (nSPS) is 16.9. The predicted molar refractivity (Wildman–Crippen MR) is 136 cm³/mol. The van der Waals surface area contributed by atoms with Gasteiger partial charge in [0.25, 0.3) is 5.91 Å². The summed E-state index contributed by atoms with van der Waals surface area (Å²) in [5, 5.41) is 20.7. The van der Waals surface area contributed by atoms with Crippen molar-refractivity contribution < 1.29 is 9.53 Å². The fourth-order valence-corrected chi connectivity index (χ4v) is 4.67. The fraction of sp³-hybridized carbons (Fsp3) is 0.286. The van der Waals surface area contributed by atoms with Crippen LogP contribution in [0.3, 0.4) is 0 Å². The number of nitrogens with zero attached hydrogens (tertiary/aromatic N) is 4. The van der Waals surface area contributed by atoms with Crippen LogP contribution in [0.5, 0.6) is 0 Å². The molecule has 0 radical (unpaired) electrons. The molecule has 2 aliphatic rings. The van der Waals surface area contributed by atoms with Crippen molar-refractivity contribution in [1.82, 2.24) is 19.9 Å². The zero-order chi connectivity index (χ0) is 24.5. The summed E-state index contributed by atoms with van der Waals surface area (Å²) in [4.78, 5) is 16.9. The van der Waals surface area contributed by atoms with Crippen LogP contribution >= 0.6 is 0 Å². The number of rotatable bonds is 6. The number of aromatic nitrogens is 3. The number of amides is 1. The van der Waals surface area contributed by atoms with Crippen molar-refractivity contribution in [3.05, 3.63) is 78.0 Å². The first-order valence-corrected chi connectivity index (χ1v) is 12.3. The second-order valence-electron chi connectivity index (χ2n) is 9.46. The number of nitrogens with one attached hydrogen (secondary N) is 2. The number of pyridine rings is 1. The molecule has 0 spiro atoms. The van der Waals surface area contributed by atoms with Gasteiger partial charge < -0.3 is 15.4 Å². The van der Waals surface area contributed by atoms with Gasteiger partial charge in [-0.25, -0.2) is 4.52 Å². The zero-order valence-electron chi connectivity index (χ0n) is 19.8. The van der Waals surface area contributed by atoms with E-state index in [0.29, 0.717) is 43.6 Å². The number of ether oxygens (including phenoxy) is 1. The van der Waals surface area contributed by atoms with Gasteiger partial charge in [0.1, 0.15) is 0 Å². The molecule has 180 valence electrons. The molecule has 1 saturated carbocycles. The van der Waals surface area contributed by atoms with E-state index in [4.69, 9.17) is 9.72 Å². The van der Waals surface area contributed by atoms with Crippen molar-refractivity contribution in [2.75, 3.05) is 18.5 Å². The Kier molecular flexibility index (Phi) is 5.62. The highest BCUT2D eigenvalue weighted by molar-refractivity contribution is 5.95. The predicted octanol–water partition coefficient (Wildman–Crippen LogP) is 4.60. The molecule has 2 aromatic carbocycles. The Balaban J connectivity index is 1.23. The SMILES string of the molecule is N#CC1(c2ccc(-c3cccn4nc(Nc5ccc(C(=O)NC6CC6)cc5)nc34)cc2)CCOCC1. The molecule has 3 heterocycles. The van der Waals surface area contributed by atoms with Crippen molar-refractivity contribution in [3.8, 4) is 17.2 Å². The van der Waals surface area contributed by atoms with Crippen LogP contribution in [0.25, 0.3) is 16.8 Å². The first-order valence-electron chi connectivity index (χ1n) is 12.3. The quantitative estimate of drug-likeness (QED) is 0.420. The van der Waals surface area contributed by atoms with Gasteiger partial charge >= 0.3 is 0 Å². The number of hydrogen-bond acceptors (Lipinski definition) is 6. The second-order valence-corrected chi connectivity index (χ2v) is 9.46. The Morgan fingerprint density at radius 2 is 1.81 bits per heavy atom. The van der Waals surface area contributed by atoms with Crippen LogP contribution in [0.4, 0.5) is 11.6 Å². The number of hydrogen-bond donors (Lipinski definition) is 2. The number of anilines is 2. The monoisotopic (exact) mass is 478 g/mol. The Hall–Kier alpha value is -4.22. The van der Waals surface area contributed by atoms with Crippen LogP contribution in [-0.4, -0.2) is 39.8 Å². The van der Waals surface area contributed by atoms with Crippen molar-refractivity contribution >= 4 is 23.2 Å². The molecule has 2 aromatic heterocycles. The van der Waals surface area contributed by atoms with Crippen LogP contribution in [0.15, 0.2) is 66.9 Å². The summed E-state index contributed by atoms with van der Waals surface area (Å²) in [6.07, 6.45) is 5.41. The zero-order valence-corrected chi connectivity index (χ0v) is 19.8. The second kappa shape index (κ2) is 9.10. The molecule has 0 atom stereocenters. The summed E-state index contributed by atoms with van der Waals surface area (Å²) in [7, 11) is 0. The molecular formula is C28H26N6O2. The van der Waals surface area contributed by atoms with Gasteiger partial charge in [-0.05, 0) is 73.2 Å². The van der Waals surface area contributed by atoms with Crippen LogP contribution < -0.4 is 10.6 Å². The topological polar surface area (TPSA) is 104 Å². The molecule has 2 fully saturated rings. The molecule has 4 aromatic rings. The van der Waals surface area contributed by atoms with Crippen molar-refractivity contribution in [3.63, 3.8) is 0 Å². The summed E-state index contributed by atoms with van der Waals surface area (Å²) >= 11 is 0. The molecule has 1 saturated heterocycles. The summed E-state index contributed by atoms with van der Waals surface area (Å²) in [5.41, 5.74) is 4.68. The van der Waals surface area contributed by atoms with E-state index in [2.05, 4.69) is 21.8 Å². The number of carbonyl (C=O) groups is 1. The van der Waals surface area contributed by atoms with Gasteiger partial charge in [0.2, 0.25) is 5.95 Å². The molecular weight excluding hydrogens is 452 g/mol. The maximum atomic E-state index is 12.2. The number of carbonyl (C=O) groups excluding carboxylic acids is 1. The third-order valence-corrected chi connectivity index (χ3v) is 6.99. The van der Waals surface area contributed by atoms with E-state index in [1.165, 1.54) is 0 Å². The third kappa shape index (κ3) is 4.30. The van der Waals surface area contributed by atoms with Gasteiger partial charge in [-0.3, -0.25) is 4.79 Å². The maximum Gasteiger partial charge on any atom is 0.251 e. The van der Waals surface area contributed by atoms with Gasteiger partial charge in [-0.2, -0.15) is 10.2 Å². The van der Waals surface area contributed by atoms with E-state index in [9.17, 15) is 10.1 Å². The molecule has 36 heavy (non-hydrogen) atoms. The van der Waals surface area contributed by atoms with E-state index >= 15 is 0 Å². The standard InChI is InChI=1S/C28H26N6O2/c29-18-28(13-16-36-17-14-28)21-7-3-19(4-8-21)24-2-1-15-34-25(24)32-27(33-34)31-23-9-5-20(6-10-23)26(35)30-22-11-12-22/h1-10,15,22H,11-14,16-17H2,(H,30,35)(H,31,33). The van der Waals surface area contributed by atoms with E-state index in [1.54, 1.807) is 16.6 Å². The van der Waals surface area contributed by atoms with E-state index in [0.717, 1.165) is 40.9 Å². The number of fused-ring (bicyclic) bond motifs is 1. The molecule has 0 bridgehead atoms. The first kappa shape index (κ1) is 22.3. The highest BCUT2D eigenvalue weighted by atomic mass is 16.5. The van der Waals surface area contributed by atoms with Crippen LogP contribution in [0.1, 0.15) is 41.6 Å². The van der Waals surface area contributed by atoms with Crippen LogP contribution in [0.2, 0.25) is 0 Å². The maximum absolute atomic E-state index is 12.2. The lowest BCUT2D eigenvalue weighted by atomic mass is 9.75. The molecule has 2 N–H and O–H groups in total. The van der Waals surface area contributed by atoms with Gasteiger partial charge in [0.15, 0.2) is 5.65 Å². The highest BCUT2D eigenvalue weighted by Gasteiger charge is 2.34. The Bertz CT molecular complexity index is 1440. The third-order valence-electron chi connectivity index (χ3n) is 6.99. The summed E-state index contributed by atoms with van der Waals surface area (Å²) in [6, 6.07) is 22.3. The number of benzene rings is 2. The lowest BCUT2D eigenvalue weighted by Crippen LogP contribution is -2.32. The van der Waals surface area contributed by atoms with E-state index in [1.807, 2.05) is 54.7 Å². The molecule has 1 aliphatic heterocycles. The smallest absolute Gasteiger partial charge is 0.251 e. The van der Waals surface area contributed by atoms with Crippen molar-refractivity contribution in [2.24, 2.45) is 0 Å². The van der Waals surface area contributed by atoms with Gasteiger partial charge in [0, 0.05) is 42.3 Å². The Morgan fingerprint density at radius 3 is 2.50 bits per heavy atom. The molecule has 1 aliphatic carbocycles. The van der Waals surface area contributed by atoms with Crippen molar-refractivity contribution in [1.29, 1.82) is 5.26 Å². The van der Waals surface area contributed by atoms with Crippen LogP contribution in [0, 0.1) is 11.3 Å². The number of nitriles is 1. The molecule has 8 heteroatoms. The van der Waals surface area contributed by atoms with Gasteiger partial charge in [-0.15, -0.1) is 5.10 Å². The summed E-state index contributed by atoms with van der Waals surface area (Å²) < 4.78 is 7.22. The lowest BCUT2D eigenvalue weighted by Gasteiger charge is -2.31. The minimum Gasteiger partial charge on any atom is -0.381 e. The molecule has 8 nitrogen and oxygen atoms in total. The van der Waals surface area contributed by atoms with E-state index < -0.39 is 5.41 Å². The Labute approximate surface area is 208 Å². The minimum atomic E-state index is -0.483. The molecule has 0 unspecified atom stereocenters. The van der Waals surface area contributed by atoms with Gasteiger partial charge in [0.05, 0.1) is 11.5 Å². The van der Waals surface area contributed by atoms with Crippen LogP contribution in [-0.2, 0) is 10.2 Å². The summed E-state index contributed by atoms with van der Waals surface area (Å²) in [5.74, 6) is 0.433. The van der Waals surface area contributed by atoms with E-state index in [-0.39, 0.29) is 5.91 Å². The van der Waals surface area contributed by atoms with Crippen molar-refractivity contribution in [2.45, 2.75) is 37.1 Å². The Morgan fingerprint density at radius 1 is 1.06 bits per heavy atom. The average Bonchev–Trinajstić information content (AvgIpc) is 3.65.